The number of hydrogen-bond donors (Lipinski definition) is 0. The average Bonchev–Trinajstić information content (AvgIpc) is 2.55. The molecular formula is C18H18N2O3. The monoisotopic (exact) mass is 310 g/mol. The lowest BCUT2D eigenvalue weighted by Crippen LogP contribution is -2.38. The fourth-order valence-corrected chi connectivity index (χ4v) is 2.39. The zero-order chi connectivity index (χ0) is 17.0. The molecule has 1 aliphatic rings. The Morgan fingerprint density at radius 2 is 2.13 bits per heavy atom. The Kier molecular flexibility index (Phi) is 4.97. The van der Waals surface area contributed by atoms with Crippen molar-refractivity contribution >= 4 is 17.9 Å². The lowest BCUT2D eigenvalue weighted by Gasteiger charge is -2.20. The standard InChI is InChI=1S/C18H18N2O3/c1-12-8-14(10-16(23-3)13(12)2)9-15(11-19)18(22)20-7-5-4-6-17(20)21/h4,6,8-10H,5,7H2,1-3H3/b15-9+. The number of nitriles is 1. The molecule has 5 nitrogen and oxygen atoms in total. The summed E-state index contributed by atoms with van der Waals surface area (Å²) in [6.07, 6.45) is 5.17. The van der Waals surface area contributed by atoms with E-state index in [-0.39, 0.29) is 11.5 Å². The number of ether oxygens (including phenoxy) is 1. The third-order valence-electron chi connectivity index (χ3n) is 3.81. The van der Waals surface area contributed by atoms with E-state index in [0.29, 0.717) is 24.3 Å². The van der Waals surface area contributed by atoms with Gasteiger partial charge < -0.3 is 4.74 Å². The van der Waals surface area contributed by atoms with Crippen molar-refractivity contribution in [2.75, 3.05) is 13.7 Å². The minimum Gasteiger partial charge on any atom is -0.496 e. The Morgan fingerprint density at radius 1 is 1.39 bits per heavy atom. The number of carbonyl (C=O) groups excluding carboxylic acids is 2. The van der Waals surface area contributed by atoms with E-state index in [1.165, 1.54) is 12.2 Å². The third-order valence-corrected chi connectivity index (χ3v) is 3.81. The fraction of sp³-hybridized carbons (Fsp3) is 0.278. The SMILES string of the molecule is COc1cc(/C=C(\C#N)C(=O)N2CCC=CC2=O)cc(C)c1C. The second-order valence-corrected chi connectivity index (χ2v) is 5.32. The molecule has 0 saturated carbocycles. The van der Waals surface area contributed by atoms with Gasteiger partial charge in [0.1, 0.15) is 17.4 Å². The minimum atomic E-state index is -0.570. The Morgan fingerprint density at radius 3 is 2.74 bits per heavy atom. The van der Waals surface area contributed by atoms with Gasteiger partial charge >= 0.3 is 0 Å². The lowest BCUT2D eigenvalue weighted by atomic mass is 10.0. The highest BCUT2D eigenvalue weighted by Crippen LogP contribution is 2.25. The molecular weight excluding hydrogens is 292 g/mol. The number of benzene rings is 1. The summed E-state index contributed by atoms with van der Waals surface area (Å²) in [6, 6.07) is 5.54. The summed E-state index contributed by atoms with van der Waals surface area (Å²) in [4.78, 5) is 25.3. The van der Waals surface area contributed by atoms with Gasteiger partial charge in [-0.2, -0.15) is 5.26 Å². The summed E-state index contributed by atoms with van der Waals surface area (Å²) in [6.45, 7) is 4.17. The van der Waals surface area contributed by atoms with Crippen molar-refractivity contribution in [3.63, 3.8) is 0 Å². The summed E-state index contributed by atoms with van der Waals surface area (Å²) < 4.78 is 5.30. The van der Waals surface area contributed by atoms with Crippen LogP contribution in [0.3, 0.4) is 0 Å². The molecule has 0 radical (unpaired) electrons. The first-order chi connectivity index (χ1) is 11.0. The highest BCUT2D eigenvalue weighted by atomic mass is 16.5. The van der Waals surface area contributed by atoms with Crippen molar-refractivity contribution in [2.24, 2.45) is 0 Å². The molecule has 0 aromatic heterocycles. The van der Waals surface area contributed by atoms with Gasteiger partial charge in [0, 0.05) is 6.54 Å². The quantitative estimate of drug-likeness (QED) is 0.635. The van der Waals surface area contributed by atoms with E-state index < -0.39 is 5.91 Å². The maximum absolute atomic E-state index is 12.4. The van der Waals surface area contributed by atoms with Crippen molar-refractivity contribution in [1.29, 1.82) is 5.26 Å². The van der Waals surface area contributed by atoms with Crippen LogP contribution in [0.2, 0.25) is 0 Å². The number of aryl methyl sites for hydroxylation is 1. The van der Waals surface area contributed by atoms with Crippen molar-refractivity contribution in [3.05, 3.63) is 46.5 Å². The van der Waals surface area contributed by atoms with Crippen LogP contribution in [0, 0.1) is 25.2 Å². The normalized spacial score (nSPS) is 14.6. The Balaban J connectivity index is 2.38. The predicted octanol–water partition coefficient (Wildman–Crippen LogP) is 2.53. The molecule has 0 atom stereocenters. The van der Waals surface area contributed by atoms with Crippen molar-refractivity contribution < 1.29 is 14.3 Å². The van der Waals surface area contributed by atoms with Gasteiger partial charge in [0.15, 0.2) is 0 Å². The zero-order valence-electron chi connectivity index (χ0n) is 13.4. The van der Waals surface area contributed by atoms with Crippen LogP contribution in [-0.2, 0) is 9.59 Å². The molecule has 23 heavy (non-hydrogen) atoms. The molecule has 0 bridgehead atoms. The Bertz CT molecular complexity index is 754. The van der Waals surface area contributed by atoms with Crippen LogP contribution in [0.15, 0.2) is 29.9 Å². The molecule has 0 aliphatic carbocycles. The second-order valence-electron chi connectivity index (χ2n) is 5.32. The first-order valence-corrected chi connectivity index (χ1v) is 7.27. The van der Waals surface area contributed by atoms with E-state index in [2.05, 4.69) is 0 Å². The maximum Gasteiger partial charge on any atom is 0.271 e. The summed E-state index contributed by atoms with van der Waals surface area (Å²) in [5.74, 6) is -0.267. The third kappa shape index (κ3) is 3.49. The summed E-state index contributed by atoms with van der Waals surface area (Å²) in [7, 11) is 1.57. The molecule has 1 aromatic rings. The van der Waals surface area contributed by atoms with Gasteiger partial charge in [-0.3, -0.25) is 14.5 Å². The molecule has 1 aliphatic heterocycles. The van der Waals surface area contributed by atoms with Gasteiger partial charge in [-0.25, -0.2) is 0 Å². The van der Waals surface area contributed by atoms with Crippen LogP contribution in [0.25, 0.3) is 6.08 Å². The summed E-state index contributed by atoms with van der Waals surface area (Å²) in [5, 5.41) is 9.30. The summed E-state index contributed by atoms with van der Waals surface area (Å²) >= 11 is 0. The molecule has 2 amide bonds. The number of rotatable bonds is 3. The zero-order valence-corrected chi connectivity index (χ0v) is 13.4. The van der Waals surface area contributed by atoms with E-state index in [9.17, 15) is 14.9 Å². The highest BCUT2D eigenvalue weighted by Gasteiger charge is 2.24. The molecule has 118 valence electrons. The molecule has 0 saturated heterocycles. The van der Waals surface area contributed by atoms with Gasteiger partial charge in [-0.05, 0) is 55.2 Å². The van der Waals surface area contributed by atoms with Crippen molar-refractivity contribution in [1.82, 2.24) is 4.90 Å². The van der Waals surface area contributed by atoms with Crippen LogP contribution in [0.1, 0.15) is 23.1 Å². The van der Waals surface area contributed by atoms with Crippen LogP contribution < -0.4 is 4.74 Å². The second kappa shape index (κ2) is 6.93. The fourth-order valence-electron chi connectivity index (χ4n) is 2.39. The van der Waals surface area contributed by atoms with Crippen molar-refractivity contribution in [3.8, 4) is 11.8 Å². The van der Waals surface area contributed by atoms with Crippen LogP contribution in [0.4, 0.5) is 0 Å². The number of imide groups is 1. The molecule has 0 unspecified atom stereocenters. The van der Waals surface area contributed by atoms with E-state index in [1.807, 2.05) is 26.0 Å². The van der Waals surface area contributed by atoms with Gasteiger partial charge in [0.2, 0.25) is 0 Å². The highest BCUT2D eigenvalue weighted by molar-refractivity contribution is 6.11. The predicted molar refractivity (Wildman–Crippen MR) is 86.5 cm³/mol. The van der Waals surface area contributed by atoms with Crippen LogP contribution in [-0.4, -0.2) is 30.4 Å². The van der Waals surface area contributed by atoms with E-state index in [0.717, 1.165) is 16.0 Å². The maximum atomic E-state index is 12.4. The number of carbonyl (C=O) groups is 2. The van der Waals surface area contributed by atoms with Crippen LogP contribution >= 0.6 is 0 Å². The molecule has 5 heteroatoms. The van der Waals surface area contributed by atoms with Gasteiger partial charge in [0.05, 0.1) is 7.11 Å². The number of methoxy groups -OCH3 is 1. The molecule has 1 aromatic carbocycles. The number of hydrogen-bond acceptors (Lipinski definition) is 4. The lowest BCUT2D eigenvalue weighted by molar-refractivity contribution is -0.139. The summed E-state index contributed by atoms with van der Waals surface area (Å²) in [5.41, 5.74) is 2.62. The largest absolute Gasteiger partial charge is 0.496 e. The molecule has 2 rings (SSSR count). The average molecular weight is 310 g/mol. The Hall–Kier alpha value is -2.87. The van der Waals surface area contributed by atoms with E-state index in [4.69, 9.17) is 4.74 Å². The van der Waals surface area contributed by atoms with Crippen molar-refractivity contribution in [2.45, 2.75) is 20.3 Å². The van der Waals surface area contributed by atoms with E-state index >= 15 is 0 Å². The van der Waals surface area contributed by atoms with Crippen LogP contribution in [0.5, 0.6) is 5.75 Å². The first-order valence-electron chi connectivity index (χ1n) is 7.27. The smallest absolute Gasteiger partial charge is 0.271 e. The molecule has 0 spiro atoms. The van der Waals surface area contributed by atoms with E-state index in [1.54, 1.807) is 19.3 Å². The molecule has 0 fully saturated rings. The Labute approximate surface area is 135 Å². The van der Waals surface area contributed by atoms with Gasteiger partial charge in [-0.1, -0.05) is 12.1 Å². The number of nitrogens with zero attached hydrogens (tertiary/aromatic N) is 2. The number of amides is 2. The topological polar surface area (TPSA) is 70.4 Å². The first kappa shape index (κ1) is 16.5. The minimum absolute atomic E-state index is 0.0704. The molecule has 1 heterocycles. The van der Waals surface area contributed by atoms with Gasteiger partial charge in [-0.15, -0.1) is 0 Å². The molecule has 0 N–H and O–H groups in total. The van der Waals surface area contributed by atoms with Gasteiger partial charge in [0.25, 0.3) is 11.8 Å².